The van der Waals surface area contributed by atoms with Crippen molar-refractivity contribution in [2.24, 2.45) is 0 Å². The van der Waals surface area contributed by atoms with E-state index in [-0.39, 0.29) is 4.90 Å². The average molecular weight is 312 g/mol. The summed E-state index contributed by atoms with van der Waals surface area (Å²) in [6.45, 7) is 3.21. The number of anilines is 2. The van der Waals surface area contributed by atoms with Crippen LogP contribution in [0.5, 0.6) is 0 Å². The van der Waals surface area contributed by atoms with E-state index in [1.54, 1.807) is 12.1 Å². The molecule has 4 N–H and O–H groups in total. The summed E-state index contributed by atoms with van der Waals surface area (Å²) in [5, 5.41) is 3.39. The third-order valence-corrected chi connectivity index (χ3v) is 5.58. The topological polar surface area (TPSA) is 87.5 Å². The summed E-state index contributed by atoms with van der Waals surface area (Å²) in [5.74, 6) is 0. The van der Waals surface area contributed by atoms with Gasteiger partial charge in [0.05, 0.1) is 16.3 Å². The van der Waals surface area contributed by atoms with Crippen LogP contribution in [0, 0.1) is 0 Å². The first-order valence-electron chi connectivity index (χ1n) is 7.13. The van der Waals surface area contributed by atoms with Crippen molar-refractivity contribution in [1.29, 1.82) is 0 Å². The number of hydrogen-bond acceptors (Lipinski definition) is 5. The van der Waals surface area contributed by atoms with Crippen LogP contribution >= 0.6 is 0 Å². The summed E-state index contributed by atoms with van der Waals surface area (Å²) < 4.78 is 26.0. The van der Waals surface area contributed by atoms with Gasteiger partial charge in [-0.15, -0.1) is 0 Å². The molecule has 0 saturated carbocycles. The maximum Gasteiger partial charge on any atom is 0.240 e. The Morgan fingerprint density at radius 1 is 1.38 bits per heavy atom. The highest BCUT2D eigenvalue weighted by Gasteiger charge is 2.23. The number of likely N-dealkylation sites (tertiary alicyclic amines) is 1. The lowest BCUT2D eigenvalue weighted by atomic mass is 9.98. The Kier molecular flexibility index (Phi) is 4.75. The minimum atomic E-state index is -3.45. The van der Waals surface area contributed by atoms with Crippen LogP contribution < -0.4 is 15.8 Å². The van der Waals surface area contributed by atoms with Gasteiger partial charge in [-0.1, -0.05) is 0 Å². The quantitative estimate of drug-likeness (QED) is 0.724. The van der Waals surface area contributed by atoms with E-state index in [1.165, 1.54) is 13.1 Å². The average Bonchev–Trinajstić information content (AvgIpc) is 2.45. The van der Waals surface area contributed by atoms with Gasteiger partial charge < -0.3 is 16.0 Å². The fourth-order valence-electron chi connectivity index (χ4n) is 2.59. The van der Waals surface area contributed by atoms with Gasteiger partial charge in [-0.05, 0) is 52.1 Å². The first-order valence-corrected chi connectivity index (χ1v) is 8.61. The lowest BCUT2D eigenvalue weighted by Gasteiger charge is -2.36. The van der Waals surface area contributed by atoms with Gasteiger partial charge in [-0.3, -0.25) is 0 Å². The molecule has 1 aliphatic rings. The maximum absolute atomic E-state index is 11.9. The Bertz CT molecular complexity index is 603. The maximum atomic E-state index is 11.9. The van der Waals surface area contributed by atoms with Gasteiger partial charge in [0.25, 0.3) is 0 Å². The fraction of sp³-hybridized carbons (Fsp3) is 0.571. The van der Waals surface area contributed by atoms with E-state index in [0.29, 0.717) is 23.5 Å². The number of nitrogens with two attached hydrogens (primary N) is 1. The Balaban J connectivity index is 2.18. The summed E-state index contributed by atoms with van der Waals surface area (Å²) in [7, 11) is 0.0690. The van der Waals surface area contributed by atoms with Crippen LogP contribution in [-0.4, -0.2) is 46.0 Å². The SMILES string of the molecule is CNS(=O)(=O)c1ccc(N)c(NC2CCN(C)C(C)C2)c1. The normalized spacial score (nSPS) is 24.0. The standard InChI is InChI=1S/C14H24N4O2S/c1-10-8-11(6-7-18(10)3)17-14-9-12(4-5-13(14)15)21(19,20)16-2/h4-5,9-11,16-17H,6-8,15H2,1-3H3. The van der Waals surface area contributed by atoms with Crippen LogP contribution in [-0.2, 0) is 10.0 Å². The molecular weight excluding hydrogens is 288 g/mol. The van der Waals surface area contributed by atoms with Crippen LogP contribution in [0.1, 0.15) is 19.8 Å². The van der Waals surface area contributed by atoms with Crippen LogP contribution in [0.4, 0.5) is 11.4 Å². The van der Waals surface area contributed by atoms with Crippen molar-refractivity contribution in [2.75, 3.05) is 31.7 Å². The molecule has 1 aromatic rings. The summed E-state index contributed by atoms with van der Waals surface area (Å²) in [6.07, 6.45) is 2.03. The third kappa shape index (κ3) is 3.66. The first kappa shape index (κ1) is 16.1. The third-order valence-electron chi connectivity index (χ3n) is 4.17. The molecule has 1 aromatic carbocycles. The highest BCUT2D eigenvalue weighted by molar-refractivity contribution is 7.89. The summed E-state index contributed by atoms with van der Waals surface area (Å²) in [6, 6.07) is 5.56. The van der Waals surface area contributed by atoms with Gasteiger partial charge in [0.1, 0.15) is 0 Å². The molecule has 7 heteroatoms. The van der Waals surface area contributed by atoms with E-state index in [2.05, 4.69) is 28.9 Å². The van der Waals surface area contributed by atoms with E-state index in [0.717, 1.165) is 19.4 Å². The summed E-state index contributed by atoms with van der Waals surface area (Å²) in [5.41, 5.74) is 7.22. The van der Waals surface area contributed by atoms with Gasteiger partial charge in [-0.25, -0.2) is 13.1 Å². The Labute approximate surface area is 126 Å². The number of sulfonamides is 1. The van der Waals surface area contributed by atoms with E-state index in [9.17, 15) is 8.42 Å². The molecule has 1 aliphatic heterocycles. The van der Waals surface area contributed by atoms with Gasteiger partial charge >= 0.3 is 0 Å². The molecule has 0 spiro atoms. The summed E-state index contributed by atoms with van der Waals surface area (Å²) >= 11 is 0. The fourth-order valence-corrected chi connectivity index (χ4v) is 3.34. The van der Waals surface area contributed by atoms with Crippen molar-refractivity contribution in [3.8, 4) is 0 Å². The molecule has 2 rings (SSSR count). The lowest BCUT2D eigenvalue weighted by Crippen LogP contribution is -2.42. The number of rotatable bonds is 4. The minimum absolute atomic E-state index is 0.225. The molecule has 1 saturated heterocycles. The van der Waals surface area contributed by atoms with Crippen molar-refractivity contribution in [2.45, 2.75) is 36.7 Å². The number of hydrogen-bond donors (Lipinski definition) is 3. The predicted octanol–water partition coefficient (Wildman–Crippen LogP) is 1.07. The van der Waals surface area contributed by atoms with Crippen LogP contribution in [0.2, 0.25) is 0 Å². The second-order valence-electron chi connectivity index (χ2n) is 5.65. The van der Waals surface area contributed by atoms with Crippen molar-refractivity contribution in [3.05, 3.63) is 18.2 Å². The number of piperidine rings is 1. The lowest BCUT2D eigenvalue weighted by molar-refractivity contribution is 0.190. The van der Waals surface area contributed by atoms with E-state index >= 15 is 0 Å². The Morgan fingerprint density at radius 3 is 2.71 bits per heavy atom. The zero-order chi connectivity index (χ0) is 15.6. The van der Waals surface area contributed by atoms with Crippen LogP contribution in [0.3, 0.4) is 0 Å². The zero-order valence-electron chi connectivity index (χ0n) is 12.8. The first-order chi connectivity index (χ1) is 9.83. The number of benzene rings is 1. The molecule has 1 fully saturated rings. The van der Waals surface area contributed by atoms with Gasteiger partial charge in [0.2, 0.25) is 10.0 Å². The van der Waals surface area contributed by atoms with Crippen molar-refractivity contribution >= 4 is 21.4 Å². The molecule has 2 atom stereocenters. The van der Waals surface area contributed by atoms with Gasteiger partial charge in [-0.2, -0.15) is 0 Å². The van der Waals surface area contributed by atoms with E-state index in [4.69, 9.17) is 5.73 Å². The van der Waals surface area contributed by atoms with E-state index < -0.39 is 10.0 Å². The Hall–Kier alpha value is -1.31. The molecule has 1 heterocycles. The summed E-state index contributed by atoms with van der Waals surface area (Å²) in [4.78, 5) is 2.55. The molecule has 2 unspecified atom stereocenters. The largest absolute Gasteiger partial charge is 0.397 e. The van der Waals surface area contributed by atoms with Crippen LogP contribution in [0.15, 0.2) is 23.1 Å². The molecule has 0 aromatic heterocycles. The highest BCUT2D eigenvalue weighted by Crippen LogP contribution is 2.26. The second-order valence-corrected chi connectivity index (χ2v) is 7.54. The highest BCUT2D eigenvalue weighted by atomic mass is 32.2. The van der Waals surface area contributed by atoms with Crippen molar-refractivity contribution in [3.63, 3.8) is 0 Å². The molecule has 0 aliphatic carbocycles. The number of nitrogens with one attached hydrogen (secondary N) is 2. The Morgan fingerprint density at radius 2 is 2.10 bits per heavy atom. The molecular formula is C14H24N4O2S. The predicted molar refractivity (Wildman–Crippen MR) is 85.8 cm³/mol. The van der Waals surface area contributed by atoms with E-state index in [1.807, 2.05) is 0 Å². The number of nitrogen functional groups attached to an aromatic ring is 1. The van der Waals surface area contributed by atoms with Gasteiger partial charge in [0, 0.05) is 18.6 Å². The van der Waals surface area contributed by atoms with Crippen molar-refractivity contribution < 1.29 is 8.42 Å². The monoisotopic (exact) mass is 312 g/mol. The van der Waals surface area contributed by atoms with Gasteiger partial charge in [0.15, 0.2) is 0 Å². The zero-order valence-corrected chi connectivity index (χ0v) is 13.6. The molecule has 6 nitrogen and oxygen atoms in total. The minimum Gasteiger partial charge on any atom is -0.397 e. The number of nitrogens with zero attached hydrogens (tertiary/aromatic N) is 1. The molecule has 21 heavy (non-hydrogen) atoms. The smallest absolute Gasteiger partial charge is 0.240 e. The van der Waals surface area contributed by atoms with Crippen LogP contribution in [0.25, 0.3) is 0 Å². The van der Waals surface area contributed by atoms with Crippen molar-refractivity contribution in [1.82, 2.24) is 9.62 Å². The molecule has 0 bridgehead atoms. The molecule has 0 radical (unpaired) electrons. The molecule has 0 amide bonds. The second kappa shape index (κ2) is 6.21. The molecule has 118 valence electrons.